The first kappa shape index (κ1) is 17.5. The molecule has 3 atom stereocenters. The van der Waals surface area contributed by atoms with Crippen LogP contribution in [0.2, 0.25) is 0 Å². The van der Waals surface area contributed by atoms with E-state index >= 15 is 0 Å². The molecule has 1 aromatic carbocycles. The number of carbonyl (C=O) groups excluding carboxylic acids is 2. The van der Waals surface area contributed by atoms with Crippen molar-refractivity contribution in [1.82, 2.24) is 4.90 Å². The summed E-state index contributed by atoms with van der Waals surface area (Å²) in [6, 6.07) is 8.98. The Morgan fingerprint density at radius 3 is 2.71 bits per heavy atom. The predicted molar refractivity (Wildman–Crippen MR) is 98.8 cm³/mol. The molecule has 6 heteroatoms. The van der Waals surface area contributed by atoms with Gasteiger partial charge in [-0.25, -0.2) is 4.79 Å². The maximum atomic E-state index is 12.7. The Balaban J connectivity index is 1.74. The molecule has 0 saturated carbocycles. The number of carbonyl (C=O) groups is 2. The highest BCUT2D eigenvalue weighted by Gasteiger charge is 2.70. The van der Waals surface area contributed by atoms with Crippen LogP contribution in [-0.2, 0) is 20.9 Å². The fourth-order valence-corrected chi connectivity index (χ4v) is 5.84. The second-order valence-corrected chi connectivity index (χ2v) is 9.79. The van der Waals surface area contributed by atoms with Crippen molar-refractivity contribution in [2.75, 3.05) is 0 Å². The molecule has 0 N–H and O–H groups in total. The average molecular weight is 410 g/mol. The third-order valence-electron chi connectivity index (χ3n) is 4.47. The lowest BCUT2D eigenvalue weighted by atomic mass is 9.89. The summed E-state index contributed by atoms with van der Waals surface area (Å²) in [5.74, 6) is -0.410. The van der Waals surface area contributed by atoms with Gasteiger partial charge >= 0.3 is 5.97 Å². The topological polar surface area (TPSA) is 46.6 Å². The van der Waals surface area contributed by atoms with E-state index in [1.165, 1.54) is 0 Å². The zero-order valence-electron chi connectivity index (χ0n) is 13.7. The van der Waals surface area contributed by atoms with Gasteiger partial charge in [0, 0.05) is 4.75 Å². The minimum absolute atomic E-state index is 0.0628. The zero-order valence-corrected chi connectivity index (χ0v) is 16.1. The summed E-state index contributed by atoms with van der Waals surface area (Å²) >= 11 is 5.20. The molecule has 0 aliphatic carbocycles. The highest BCUT2D eigenvalue weighted by atomic mass is 79.9. The number of thioether (sulfide) groups is 1. The second kappa shape index (κ2) is 6.23. The van der Waals surface area contributed by atoms with E-state index in [2.05, 4.69) is 22.5 Å². The molecule has 0 aromatic heterocycles. The molecule has 0 unspecified atom stereocenters. The van der Waals surface area contributed by atoms with E-state index in [0.717, 1.165) is 5.56 Å². The lowest BCUT2D eigenvalue weighted by Gasteiger charge is -2.49. The van der Waals surface area contributed by atoms with Crippen molar-refractivity contribution in [3.05, 3.63) is 48.6 Å². The number of halogens is 1. The minimum Gasteiger partial charge on any atom is -0.459 e. The van der Waals surface area contributed by atoms with Crippen molar-refractivity contribution < 1.29 is 14.3 Å². The van der Waals surface area contributed by atoms with Gasteiger partial charge in [-0.2, -0.15) is 0 Å². The van der Waals surface area contributed by atoms with Crippen LogP contribution >= 0.6 is 27.7 Å². The molecule has 4 nitrogen and oxygen atoms in total. The number of alkyl halides is 1. The van der Waals surface area contributed by atoms with Gasteiger partial charge in [0.15, 0.2) is 0 Å². The zero-order chi connectivity index (χ0) is 17.5. The van der Waals surface area contributed by atoms with Gasteiger partial charge in [-0.3, -0.25) is 4.79 Å². The van der Waals surface area contributed by atoms with Crippen LogP contribution in [0.3, 0.4) is 0 Å². The molecule has 2 saturated heterocycles. The third-order valence-corrected chi connectivity index (χ3v) is 7.56. The maximum absolute atomic E-state index is 12.7. The van der Waals surface area contributed by atoms with Gasteiger partial charge in [0.2, 0.25) is 5.91 Å². The molecule has 3 rings (SSSR count). The summed E-state index contributed by atoms with van der Waals surface area (Å²) in [7, 11) is 0. The third kappa shape index (κ3) is 2.69. The molecular weight excluding hydrogens is 390 g/mol. The summed E-state index contributed by atoms with van der Waals surface area (Å²) in [4.78, 5) is 27.0. The van der Waals surface area contributed by atoms with E-state index in [4.69, 9.17) is 4.74 Å². The van der Waals surface area contributed by atoms with Gasteiger partial charge in [0.25, 0.3) is 0 Å². The SMILES string of the molecule is C=CC[C@]1(Br)C(=O)N2[C@@H](C(=O)OCc3ccccc3)C(C)(C)S[C@@H]21. The highest BCUT2D eigenvalue weighted by Crippen LogP contribution is 2.59. The van der Waals surface area contributed by atoms with Crippen LogP contribution < -0.4 is 0 Å². The normalized spacial score (nSPS) is 30.5. The van der Waals surface area contributed by atoms with Crippen LogP contribution in [0, 0.1) is 0 Å². The van der Waals surface area contributed by atoms with E-state index in [9.17, 15) is 9.59 Å². The molecule has 2 aliphatic rings. The van der Waals surface area contributed by atoms with E-state index in [0.29, 0.717) is 6.42 Å². The smallest absolute Gasteiger partial charge is 0.330 e. The van der Waals surface area contributed by atoms with Crippen molar-refractivity contribution in [2.24, 2.45) is 0 Å². The summed E-state index contributed by atoms with van der Waals surface area (Å²) in [5.41, 5.74) is 0.933. The Labute approximate surface area is 154 Å². The van der Waals surface area contributed by atoms with Crippen LogP contribution in [0.1, 0.15) is 25.8 Å². The van der Waals surface area contributed by atoms with Crippen molar-refractivity contribution in [3.63, 3.8) is 0 Å². The Hall–Kier alpha value is -1.27. The van der Waals surface area contributed by atoms with Crippen molar-refractivity contribution >= 4 is 39.6 Å². The van der Waals surface area contributed by atoms with Crippen molar-refractivity contribution in [2.45, 2.75) is 47.4 Å². The second-order valence-electron chi connectivity index (χ2n) is 6.64. The van der Waals surface area contributed by atoms with Crippen LogP contribution in [0.4, 0.5) is 0 Å². The van der Waals surface area contributed by atoms with Gasteiger partial charge in [-0.05, 0) is 25.8 Å². The summed E-state index contributed by atoms with van der Waals surface area (Å²) < 4.78 is 4.45. The number of allylic oxidation sites excluding steroid dienone is 1. The average Bonchev–Trinajstić information content (AvgIpc) is 2.83. The lowest BCUT2D eigenvalue weighted by Crippen LogP contribution is -2.70. The summed E-state index contributed by atoms with van der Waals surface area (Å²) in [6.07, 6.45) is 2.28. The number of benzene rings is 1. The largest absolute Gasteiger partial charge is 0.459 e. The Kier molecular flexibility index (Phi) is 4.55. The van der Waals surface area contributed by atoms with Gasteiger partial charge in [-0.1, -0.05) is 52.3 Å². The number of hydrogen-bond acceptors (Lipinski definition) is 4. The first-order valence-corrected chi connectivity index (χ1v) is 9.49. The van der Waals surface area contributed by atoms with E-state index in [-0.39, 0.29) is 23.9 Å². The lowest BCUT2D eigenvalue weighted by molar-refractivity contribution is -0.164. The molecule has 2 aliphatic heterocycles. The first-order valence-electron chi connectivity index (χ1n) is 7.82. The Bertz CT molecular complexity index is 678. The van der Waals surface area contributed by atoms with Crippen LogP contribution in [-0.4, -0.2) is 37.3 Å². The number of esters is 1. The van der Waals surface area contributed by atoms with Crippen molar-refractivity contribution in [1.29, 1.82) is 0 Å². The van der Waals surface area contributed by atoms with E-state index < -0.39 is 15.1 Å². The number of ether oxygens (including phenoxy) is 1. The maximum Gasteiger partial charge on any atom is 0.330 e. The van der Waals surface area contributed by atoms with Crippen LogP contribution in [0.5, 0.6) is 0 Å². The Morgan fingerprint density at radius 1 is 1.42 bits per heavy atom. The summed E-state index contributed by atoms with van der Waals surface area (Å²) in [6.45, 7) is 7.92. The quantitative estimate of drug-likeness (QED) is 0.323. The highest BCUT2D eigenvalue weighted by molar-refractivity contribution is 9.10. The van der Waals surface area contributed by atoms with Gasteiger partial charge in [0.05, 0.1) is 0 Å². The van der Waals surface area contributed by atoms with Crippen LogP contribution in [0.15, 0.2) is 43.0 Å². The fourth-order valence-electron chi connectivity index (χ4n) is 3.27. The molecular formula is C18H20BrNO3S. The molecule has 1 aromatic rings. The predicted octanol–water partition coefficient (Wildman–Crippen LogP) is 3.50. The van der Waals surface area contributed by atoms with Gasteiger partial charge in [0.1, 0.15) is 22.3 Å². The molecule has 0 bridgehead atoms. The molecule has 0 radical (unpaired) electrons. The standard InChI is InChI=1S/C18H20BrNO3S/c1-4-10-18(19)15(22)20-13(17(2,3)24-16(18)20)14(21)23-11-12-8-6-5-7-9-12/h4-9,13,16H,1,10-11H2,2-3H3/t13-,16+,18-/m0/s1. The van der Waals surface area contributed by atoms with Gasteiger partial charge in [-0.15, -0.1) is 18.3 Å². The monoisotopic (exact) mass is 409 g/mol. The number of nitrogens with zero attached hydrogens (tertiary/aromatic N) is 1. The summed E-state index contributed by atoms with van der Waals surface area (Å²) in [5, 5.41) is -0.0766. The van der Waals surface area contributed by atoms with E-state index in [1.807, 2.05) is 44.2 Å². The minimum atomic E-state index is -0.648. The fraction of sp³-hybridized carbons (Fsp3) is 0.444. The number of amides is 1. The molecule has 2 fully saturated rings. The van der Waals surface area contributed by atoms with Crippen molar-refractivity contribution in [3.8, 4) is 0 Å². The molecule has 0 spiro atoms. The number of β-lactam (4-membered cyclic amide) rings is 1. The number of fused-ring (bicyclic) bond motifs is 1. The molecule has 24 heavy (non-hydrogen) atoms. The first-order chi connectivity index (χ1) is 11.3. The molecule has 2 heterocycles. The number of rotatable bonds is 5. The van der Waals surface area contributed by atoms with Crippen LogP contribution in [0.25, 0.3) is 0 Å². The van der Waals surface area contributed by atoms with E-state index in [1.54, 1.807) is 22.7 Å². The van der Waals surface area contributed by atoms with Gasteiger partial charge < -0.3 is 9.64 Å². The number of hydrogen-bond donors (Lipinski definition) is 0. The molecule has 128 valence electrons. The molecule has 1 amide bonds. The Morgan fingerprint density at radius 2 is 2.08 bits per heavy atom.